The average Bonchev–Trinajstić information content (AvgIpc) is 2.75. The predicted molar refractivity (Wildman–Crippen MR) is 64.1 cm³/mol. The van der Waals surface area contributed by atoms with Crippen molar-refractivity contribution in [3.63, 3.8) is 0 Å². The first-order valence-corrected chi connectivity index (χ1v) is 5.93. The van der Waals surface area contributed by atoms with E-state index in [-0.39, 0.29) is 12.3 Å². The molecule has 1 atom stereocenters. The molecule has 0 aromatic carbocycles. The van der Waals surface area contributed by atoms with Crippen molar-refractivity contribution in [1.29, 1.82) is 0 Å². The molecule has 0 radical (unpaired) electrons. The number of nitrogens with one attached hydrogen (secondary N) is 1. The van der Waals surface area contributed by atoms with Crippen LogP contribution in [0.1, 0.15) is 38.1 Å². The molecule has 17 heavy (non-hydrogen) atoms. The molecule has 2 rings (SSSR count). The van der Waals surface area contributed by atoms with Gasteiger partial charge in [0.2, 0.25) is 5.95 Å². The highest BCUT2D eigenvalue weighted by Crippen LogP contribution is 2.27. The van der Waals surface area contributed by atoms with Crippen LogP contribution in [0.5, 0.6) is 0 Å². The minimum atomic E-state index is -0.280. The second-order valence-corrected chi connectivity index (χ2v) is 4.52. The topological polar surface area (TPSA) is 61.2 Å². The second kappa shape index (κ2) is 5.01. The Balaban J connectivity index is 2.30. The van der Waals surface area contributed by atoms with Crippen molar-refractivity contribution in [1.82, 2.24) is 14.8 Å². The Morgan fingerprint density at radius 3 is 2.65 bits per heavy atom. The summed E-state index contributed by atoms with van der Waals surface area (Å²) >= 11 is 0. The van der Waals surface area contributed by atoms with E-state index in [2.05, 4.69) is 29.2 Å². The van der Waals surface area contributed by atoms with Crippen molar-refractivity contribution in [2.24, 2.45) is 0 Å². The minimum Gasteiger partial charge on any atom is -0.354 e. The fourth-order valence-corrected chi connectivity index (χ4v) is 2.05. The second-order valence-electron chi connectivity index (χ2n) is 4.52. The van der Waals surface area contributed by atoms with Crippen LogP contribution in [0.2, 0.25) is 0 Å². The number of anilines is 1. The quantitative estimate of drug-likeness (QED) is 0.806. The van der Waals surface area contributed by atoms with Gasteiger partial charge in [-0.1, -0.05) is 13.8 Å². The van der Waals surface area contributed by atoms with Gasteiger partial charge in [-0.2, -0.15) is 10.1 Å². The molecule has 6 heteroatoms. The van der Waals surface area contributed by atoms with Crippen LogP contribution >= 0.6 is 0 Å². The summed E-state index contributed by atoms with van der Waals surface area (Å²) in [5.41, 5.74) is 0. The lowest BCUT2D eigenvalue weighted by Crippen LogP contribution is -2.34. The zero-order chi connectivity index (χ0) is 12.4. The summed E-state index contributed by atoms with van der Waals surface area (Å²) in [5, 5.41) is 7.78. The molecule has 0 aliphatic carbocycles. The van der Waals surface area contributed by atoms with Crippen LogP contribution in [0, 0.1) is 0 Å². The van der Waals surface area contributed by atoms with Crippen LogP contribution in [-0.2, 0) is 9.47 Å². The number of methoxy groups -OCH3 is 2. The molecule has 0 fully saturated rings. The fraction of sp³-hybridized carbons (Fsp3) is 0.818. The monoisotopic (exact) mass is 240 g/mol. The van der Waals surface area contributed by atoms with Crippen molar-refractivity contribution >= 4 is 5.95 Å². The molecule has 1 aliphatic heterocycles. The Morgan fingerprint density at radius 2 is 2.06 bits per heavy atom. The number of nitrogens with zero attached hydrogens (tertiary/aromatic N) is 3. The SMILES string of the molecule is COC(OC)C1CCNc2nc(C(C)C)nn21. The molecular weight excluding hydrogens is 220 g/mol. The third kappa shape index (κ3) is 2.28. The first-order chi connectivity index (χ1) is 8.17. The third-order valence-corrected chi connectivity index (χ3v) is 2.98. The molecule has 2 heterocycles. The molecule has 96 valence electrons. The highest BCUT2D eigenvalue weighted by Gasteiger charge is 2.30. The summed E-state index contributed by atoms with van der Waals surface area (Å²) < 4.78 is 12.5. The molecule has 1 aromatic heterocycles. The Kier molecular flexibility index (Phi) is 3.63. The predicted octanol–water partition coefficient (Wildman–Crippen LogP) is 1.38. The van der Waals surface area contributed by atoms with Crippen LogP contribution in [0.25, 0.3) is 0 Å². The summed E-state index contributed by atoms with van der Waals surface area (Å²) in [4.78, 5) is 4.48. The molecule has 0 bridgehead atoms. The Bertz CT molecular complexity index is 374. The van der Waals surface area contributed by atoms with Crippen molar-refractivity contribution in [2.75, 3.05) is 26.1 Å². The van der Waals surface area contributed by atoms with Crippen LogP contribution in [-0.4, -0.2) is 41.8 Å². The molecule has 1 aliphatic rings. The zero-order valence-electron chi connectivity index (χ0n) is 10.8. The maximum Gasteiger partial charge on any atom is 0.221 e. The Hall–Kier alpha value is -1.14. The maximum atomic E-state index is 5.33. The summed E-state index contributed by atoms with van der Waals surface area (Å²) in [6, 6.07) is 0.0845. The zero-order valence-corrected chi connectivity index (χ0v) is 10.8. The van der Waals surface area contributed by atoms with E-state index in [1.54, 1.807) is 14.2 Å². The highest BCUT2D eigenvalue weighted by molar-refractivity contribution is 5.28. The standard InChI is InChI=1S/C11H20N4O2/c1-7(2)9-13-11-12-6-5-8(15(11)14-9)10(16-3)17-4/h7-8,10H,5-6H2,1-4H3,(H,12,13,14). The fourth-order valence-electron chi connectivity index (χ4n) is 2.05. The molecule has 1 unspecified atom stereocenters. The van der Waals surface area contributed by atoms with Gasteiger partial charge in [-0.25, -0.2) is 4.68 Å². The van der Waals surface area contributed by atoms with Crippen LogP contribution in [0.15, 0.2) is 0 Å². The van der Waals surface area contributed by atoms with E-state index < -0.39 is 0 Å². The van der Waals surface area contributed by atoms with Gasteiger partial charge in [-0.15, -0.1) is 0 Å². The normalized spacial score (nSPS) is 19.5. The van der Waals surface area contributed by atoms with E-state index in [1.807, 2.05) is 4.68 Å². The summed E-state index contributed by atoms with van der Waals surface area (Å²) in [5.74, 6) is 1.98. The van der Waals surface area contributed by atoms with Gasteiger partial charge in [0, 0.05) is 26.7 Å². The van der Waals surface area contributed by atoms with E-state index in [0.29, 0.717) is 5.92 Å². The number of fused-ring (bicyclic) bond motifs is 1. The summed E-state index contributed by atoms with van der Waals surface area (Å²) in [7, 11) is 3.30. The number of aromatic nitrogens is 3. The van der Waals surface area contributed by atoms with E-state index in [0.717, 1.165) is 24.7 Å². The summed E-state index contributed by atoms with van der Waals surface area (Å²) in [6.07, 6.45) is 0.637. The van der Waals surface area contributed by atoms with Crippen LogP contribution in [0.4, 0.5) is 5.95 Å². The van der Waals surface area contributed by atoms with Gasteiger partial charge in [0.1, 0.15) is 6.04 Å². The first-order valence-electron chi connectivity index (χ1n) is 5.93. The molecule has 0 amide bonds. The molecule has 1 N–H and O–H groups in total. The lowest BCUT2D eigenvalue weighted by molar-refractivity contribution is -0.135. The lowest BCUT2D eigenvalue weighted by atomic mass is 10.2. The van der Waals surface area contributed by atoms with Crippen LogP contribution < -0.4 is 5.32 Å². The summed E-state index contributed by atoms with van der Waals surface area (Å²) in [6.45, 7) is 5.03. The first kappa shape index (κ1) is 12.3. The van der Waals surface area contributed by atoms with E-state index in [4.69, 9.17) is 9.47 Å². The largest absolute Gasteiger partial charge is 0.354 e. The average molecular weight is 240 g/mol. The van der Waals surface area contributed by atoms with E-state index >= 15 is 0 Å². The smallest absolute Gasteiger partial charge is 0.221 e. The number of rotatable bonds is 4. The van der Waals surface area contributed by atoms with Gasteiger partial charge in [0.05, 0.1) is 0 Å². The number of hydrogen-bond acceptors (Lipinski definition) is 5. The van der Waals surface area contributed by atoms with Crippen LogP contribution in [0.3, 0.4) is 0 Å². The number of ether oxygens (including phenoxy) is 2. The minimum absolute atomic E-state index is 0.0845. The Labute approximate surface area is 101 Å². The molecular formula is C11H20N4O2. The van der Waals surface area contributed by atoms with Gasteiger partial charge < -0.3 is 14.8 Å². The molecule has 0 spiro atoms. The van der Waals surface area contributed by atoms with Gasteiger partial charge in [-0.3, -0.25) is 0 Å². The van der Waals surface area contributed by atoms with Gasteiger partial charge in [0.15, 0.2) is 12.1 Å². The van der Waals surface area contributed by atoms with Crippen molar-refractivity contribution in [3.05, 3.63) is 5.82 Å². The molecule has 0 saturated heterocycles. The maximum absolute atomic E-state index is 5.33. The third-order valence-electron chi connectivity index (χ3n) is 2.98. The number of hydrogen-bond donors (Lipinski definition) is 1. The van der Waals surface area contributed by atoms with Crippen molar-refractivity contribution in [3.8, 4) is 0 Å². The van der Waals surface area contributed by atoms with Crippen molar-refractivity contribution in [2.45, 2.75) is 38.5 Å². The van der Waals surface area contributed by atoms with Gasteiger partial charge in [-0.05, 0) is 6.42 Å². The highest BCUT2D eigenvalue weighted by atomic mass is 16.7. The lowest BCUT2D eigenvalue weighted by Gasteiger charge is -2.29. The molecule has 6 nitrogen and oxygen atoms in total. The Morgan fingerprint density at radius 1 is 1.35 bits per heavy atom. The molecule has 1 aromatic rings. The van der Waals surface area contributed by atoms with E-state index in [1.165, 1.54) is 0 Å². The van der Waals surface area contributed by atoms with Gasteiger partial charge >= 0.3 is 0 Å². The van der Waals surface area contributed by atoms with E-state index in [9.17, 15) is 0 Å². The molecule has 0 saturated carbocycles. The van der Waals surface area contributed by atoms with Gasteiger partial charge in [0.25, 0.3) is 0 Å². The van der Waals surface area contributed by atoms with Crippen molar-refractivity contribution < 1.29 is 9.47 Å².